The predicted octanol–water partition coefficient (Wildman–Crippen LogP) is 3.65. The molecule has 0 radical (unpaired) electrons. The fourth-order valence-electron chi connectivity index (χ4n) is 6.92. The molecule has 0 bridgehead atoms. The molecule has 9 heteroatoms. The van der Waals surface area contributed by atoms with Gasteiger partial charge in [-0.2, -0.15) is 0 Å². The Morgan fingerprint density at radius 3 is 2.38 bits per heavy atom. The van der Waals surface area contributed by atoms with Gasteiger partial charge in [-0.3, -0.25) is 14.4 Å². The van der Waals surface area contributed by atoms with Crippen LogP contribution in [0.5, 0.6) is 5.75 Å². The summed E-state index contributed by atoms with van der Waals surface area (Å²) in [6.45, 7) is 8.43. The van der Waals surface area contributed by atoms with Gasteiger partial charge in [-0.15, -0.1) is 11.8 Å². The molecule has 0 aromatic heterocycles. The average molecular weight is 568 g/mol. The fourth-order valence-corrected chi connectivity index (χ4v) is 9.08. The molecule has 2 fully saturated rings. The molecular weight excluding hydrogens is 526 g/mol. The van der Waals surface area contributed by atoms with Crippen LogP contribution in [-0.2, 0) is 14.4 Å². The van der Waals surface area contributed by atoms with Gasteiger partial charge < -0.3 is 24.5 Å². The zero-order valence-corrected chi connectivity index (χ0v) is 24.6. The molecule has 1 unspecified atom stereocenters. The normalized spacial score (nSPS) is 31.2. The van der Waals surface area contributed by atoms with E-state index in [-0.39, 0.29) is 30.9 Å². The molecular formula is C31H41N3O5S. The number of fused-ring (bicyclic) bond motifs is 2. The standard InChI is InChI=1S/C31H41N3O5S/c1-4-6-7-17-32-18-9-16-31-25(28(37)34(20-10-21-35)26(31)29(32)38)24-27(36)33(19-8-15-30(24,3)40-31)22-11-13-23(14-12-22)39-5-2/h8-9,11-16,24-26,35H,4-7,10,17-21H2,1-3H3/t24-,25+,26?,30+,31+/m1/s1. The molecule has 40 heavy (non-hydrogen) atoms. The summed E-state index contributed by atoms with van der Waals surface area (Å²) < 4.78 is 4.08. The van der Waals surface area contributed by atoms with Crippen molar-refractivity contribution in [3.8, 4) is 5.75 Å². The minimum Gasteiger partial charge on any atom is -0.494 e. The first kappa shape index (κ1) is 28.7. The first-order valence-electron chi connectivity index (χ1n) is 14.6. The van der Waals surface area contributed by atoms with Crippen LogP contribution in [0.4, 0.5) is 5.69 Å². The lowest BCUT2D eigenvalue weighted by Crippen LogP contribution is -2.53. The van der Waals surface area contributed by atoms with Crippen LogP contribution in [0.3, 0.4) is 0 Å². The first-order valence-corrected chi connectivity index (χ1v) is 15.4. The SMILES string of the molecule is CCCCCN1CC=C[C@]23S[C@@]4(C)C=CCN(c5ccc(OCC)cc5)C(=O)[C@H]4[C@H]2C(=O)N(CCCO)C3C1=O. The number of unbranched alkanes of at least 4 members (excludes halogenated alkanes) is 2. The highest BCUT2D eigenvalue weighted by molar-refractivity contribution is 8.02. The predicted molar refractivity (Wildman–Crippen MR) is 157 cm³/mol. The maximum absolute atomic E-state index is 14.4. The number of anilines is 1. The van der Waals surface area contributed by atoms with Gasteiger partial charge in [-0.25, -0.2) is 0 Å². The number of ether oxygens (including phenoxy) is 1. The summed E-state index contributed by atoms with van der Waals surface area (Å²) in [7, 11) is 0. The van der Waals surface area contributed by atoms with E-state index in [0.717, 1.165) is 30.7 Å². The number of hydrogen-bond donors (Lipinski definition) is 1. The topological polar surface area (TPSA) is 90.4 Å². The molecule has 1 aromatic rings. The number of thioether (sulfide) groups is 1. The van der Waals surface area contributed by atoms with Gasteiger partial charge in [0.05, 0.1) is 23.2 Å². The number of aliphatic hydroxyl groups excluding tert-OH is 1. The number of amides is 3. The Bertz CT molecular complexity index is 1190. The molecule has 4 heterocycles. The number of benzene rings is 1. The molecule has 0 aliphatic carbocycles. The number of rotatable bonds is 10. The summed E-state index contributed by atoms with van der Waals surface area (Å²) in [5.41, 5.74) is 0.752. The summed E-state index contributed by atoms with van der Waals surface area (Å²) in [6, 6.07) is 6.78. The molecule has 0 saturated carbocycles. The molecule has 1 N–H and O–H groups in total. The Labute approximate surface area is 241 Å². The molecule has 216 valence electrons. The van der Waals surface area contributed by atoms with Crippen molar-refractivity contribution in [3.05, 3.63) is 48.6 Å². The highest BCUT2D eigenvalue weighted by Crippen LogP contribution is 2.65. The van der Waals surface area contributed by atoms with Gasteiger partial charge in [-0.1, -0.05) is 44.1 Å². The molecule has 8 nitrogen and oxygen atoms in total. The van der Waals surface area contributed by atoms with Gasteiger partial charge in [0.15, 0.2) is 0 Å². The summed E-state index contributed by atoms with van der Waals surface area (Å²) in [6.07, 6.45) is 11.6. The van der Waals surface area contributed by atoms with Crippen LogP contribution in [0, 0.1) is 11.8 Å². The Balaban J connectivity index is 1.54. The van der Waals surface area contributed by atoms with Crippen LogP contribution in [0.15, 0.2) is 48.6 Å². The molecule has 3 amide bonds. The zero-order chi connectivity index (χ0) is 28.5. The lowest BCUT2D eigenvalue weighted by molar-refractivity contribution is -0.143. The molecule has 1 aromatic carbocycles. The van der Waals surface area contributed by atoms with Gasteiger partial charge in [0.25, 0.3) is 0 Å². The average Bonchev–Trinajstić information content (AvgIpc) is 3.21. The minimum absolute atomic E-state index is 0.0535. The lowest BCUT2D eigenvalue weighted by Gasteiger charge is -2.36. The van der Waals surface area contributed by atoms with Gasteiger partial charge >= 0.3 is 0 Å². The minimum atomic E-state index is -0.857. The Kier molecular flexibility index (Phi) is 8.34. The van der Waals surface area contributed by atoms with Crippen molar-refractivity contribution < 1.29 is 24.2 Å². The van der Waals surface area contributed by atoms with Gasteiger partial charge in [-0.05, 0) is 51.0 Å². The van der Waals surface area contributed by atoms with E-state index in [1.54, 1.807) is 21.6 Å². The largest absolute Gasteiger partial charge is 0.494 e. The van der Waals surface area contributed by atoms with Crippen molar-refractivity contribution in [2.75, 3.05) is 44.3 Å². The van der Waals surface area contributed by atoms with Crippen LogP contribution < -0.4 is 9.64 Å². The van der Waals surface area contributed by atoms with Gasteiger partial charge in [0, 0.05) is 43.2 Å². The van der Waals surface area contributed by atoms with Gasteiger partial charge in [0.1, 0.15) is 11.8 Å². The third-order valence-corrected chi connectivity index (χ3v) is 10.5. The monoisotopic (exact) mass is 567 g/mol. The fraction of sp³-hybridized carbons (Fsp3) is 0.581. The second-order valence-corrected chi connectivity index (χ2v) is 13.1. The Morgan fingerprint density at radius 1 is 0.925 bits per heavy atom. The second kappa shape index (κ2) is 11.6. The highest BCUT2D eigenvalue weighted by Gasteiger charge is 2.73. The van der Waals surface area contributed by atoms with E-state index in [1.807, 2.05) is 55.2 Å². The summed E-state index contributed by atoms with van der Waals surface area (Å²) in [5.74, 6) is -0.899. The third-order valence-electron chi connectivity index (χ3n) is 8.69. The van der Waals surface area contributed by atoms with Gasteiger partial charge in [0.2, 0.25) is 17.7 Å². The smallest absolute Gasteiger partial charge is 0.247 e. The van der Waals surface area contributed by atoms with Crippen molar-refractivity contribution in [2.24, 2.45) is 11.8 Å². The van der Waals surface area contributed by atoms with Crippen molar-refractivity contribution in [1.82, 2.24) is 9.80 Å². The van der Waals surface area contributed by atoms with Crippen LogP contribution in [-0.4, -0.2) is 87.6 Å². The quantitative estimate of drug-likeness (QED) is 0.343. The summed E-state index contributed by atoms with van der Waals surface area (Å²) >= 11 is 1.60. The number of aliphatic hydroxyl groups is 1. The summed E-state index contributed by atoms with van der Waals surface area (Å²) in [5, 5.41) is 9.62. The lowest BCUT2D eigenvalue weighted by atomic mass is 9.74. The van der Waals surface area contributed by atoms with Crippen LogP contribution in [0.1, 0.15) is 46.5 Å². The van der Waals surface area contributed by atoms with E-state index in [0.29, 0.717) is 32.7 Å². The van der Waals surface area contributed by atoms with E-state index in [9.17, 15) is 19.5 Å². The van der Waals surface area contributed by atoms with Crippen molar-refractivity contribution in [1.29, 1.82) is 0 Å². The zero-order valence-electron chi connectivity index (χ0n) is 23.8. The maximum Gasteiger partial charge on any atom is 0.247 e. The van der Waals surface area contributed by atoms with E-state index < -0.39 is 27.4 Å². The number of carbonyl (C=O) groups excluding carboxylic acids is 3. The van der Waals surface area contributed by atoms with Crippen LogP contribution in [0.25, 0.3) is 0 Å². The number of hydrogen-bond acceptors (Lipinski definition) is 6. The first-order chi connectivity index (χ1) is 19.3. The van der Waals surface area contributed by atoms with Crippen molar-refractivity contribution in [3.63, 3.8) is 0 Å². The molecule has 2 saturated heterocycles. The van der Waals surface area contributed by atoms with Crippen LogP contribution >= 0.6 is 11.8 Å². The molecule has 5 atom stereocenters. The molecule has 4 aliphatic heterocycles. The van der Waals surface area contributed by atoms with Crippen molar-refractivity contribution in [2.45, 2.75) is 62.0 Å². The Hall–Kier alpha value is -2.78. The van der Waals surface area contributed by atoms with E-state index >= 15 is 0 Å². The number of carbonyl (C=O) groups is 3. The van der Waals surface area contributed by atoms with E-state index in [1.165, 1.54) is 0 Å². The van der Waals surface area contributed by atoms with E-state index in [4.69, 9.17) is 4.74 Å². The van der Waals surface area contributed by atoms with E-state index in [2.05, 4.69) is 19.1 Å². The van der Waals surface area contributed by atoms with Crippen molar-refractivity contribution >= 4 is 35.2 Å². The third kappa shape index (κ3) is 4.75. The second-order valence-electron chi connectivity index (χ2n) is 11.3. The Morgan fingerprint density at radius 2 is 1.68 bits per heavy atom. The molecule has 4 aliphatic rings. The number of likely N-dealkylation sites (tertiary alicyclic amines) is 1. The number of nitrogens with zero attached hydrogens (tertiary/aromatic N) is 3. The molecule has 5 rings (SSSR count). The highest BCUT2D eigenvalue weighted by atomic mass is 32.2. The maximum atomic E-state index is 14.4. The molecule has 1 spiro atoms. The summed E-state index contributed by atoms with van der Waals surface area (Å²) in [4.78, 5) is 48.2. The van der Waals surface area contributed by atoms with Crippen LogP contribution in [0.2, 0.25) is 0 Å².